The molecule has 0 radical (unpaired) electrons. The first kappa shape index (κ1) is 23.3. The normalized spacial score (nSPS) is 11.8. The van der Waals surface area contributed by atoms with Crippen molar-refractivity contribution in [1.29, 1.82) is 0 Å². The van der Waals surface area contributed by atoms with Crippen LogP contribution in [0.3, 0.4) is 0 Å². The number of rotatable bonds is 10. The maximum atomic E-state index is 13.5. The molecule has 0 saturated heterocycles. The Kier molecular flexibility index (Phi) is 7.86. The summed E-state index contributed by atoms with van der Waals surface area (Å²) in [5.74, 6) is 0.668. The van der Waals surface area contributed by atoms with Gasteiger partial charge in [0, 0.05) is 47.0 Å². The first-order valence-electron chi connectivity index (χ1n) is 10.6. The number of benzene rings is 2. The van der Waals surface area contributed by atoms with Gasteiger partial charge in [0.25, 0.3) is 5.56 Å². The molecule has 0 aliphatic rings. The van der Waals surface area contributed by atoms with Gasteiger partial charge in [-0.05, 0) is 37.6 Å². The third-order valence-corrected chi connectivity index (χ3v) is 7.43. The third kappa shape index (κ3) is 5.18. The van der Waals surface area contributed by atoms with Crippen LogP contribution in [-0.2, 0) is 21.8 Å². The van der Waals surface area contributed by atoms with Crippen LogP contribution in [-0.4, -0.2) is 29.1 Å². The summed E-state index contributed by atoms with van der Waals surface area (Å²) in [7, 11) is 0. The minimum absolute atomic E-state index is 0.0171. The van der Waals surface area contributed by atoms with E-state index >= 15 is 0 Å². The van der Waals surface area contributed by atoms with Gasteiger partial charge < -0.3 is 9.47 Å². The molecule has 0 amide bonds. The largest absolute Gasteiger partial charge is 0.353 e. The molecule has 0 aliphatic carbocycles. The molecule has 0 N–H and O–H groups in total. The SMILES string of the molecule is CCOC(CCn1c(SCc2cccc(Cl)c2)nc2c(sc3ccccc32)c1=O)OCC. The summed E-state index contributed by atoms with van der Waals surface area (Å²) in [5.41, 5.74) is 1.84. The third-order valence-electron chi connectivity index (χ3n) is 5.00. The first-order chi connectivity index (χ1) is 15.6. The molecule has 2 aromatic heterocycles. The van der Waals surface area contributed by atoms with Crippen molar-refractivity contribution in [3.8, 4) is 0 Å². The predicted molar refractivity (Wildman–Crippen MR) is 134 cm³/mol. The lowest BCUT2D eigenvalue weighted by atomic mass is 10.2. The fraction of sp³-hybridized carbons (Fsp3) is 0.333. The van der Waals surface area contributed by atoms with E-state index in [0.29, 0.717) is 46.8 Å². The molecule has 0 saturated carbocycles. The summed E-state index contributed by atoms with van der Waals surface area (Å²) in [6, 6.07) is 15.8. The molecule has 4 aromatic rings. The molecule has 0 atom stereocenters. The second-order valence-corrected chi connectivity index (χ2v) is 9.61. The summed E-state index contributed by atoms with van der Waals surface area (Å²) in [6.45, 7) is 5.47. The average molecular weight is 489 g/mol. The molecular weight excluding hydrogens is 464 g/mol. The minimum atomic E-state index is -0.346. The van der Waals surface area contributed by atoms with E-state index in [9.17, 15) is 4.79 Å². The fourth-order valence-electron chi connectivity index (χ4n) is 3.56. The highest BCUT2D eigenvalue weighted by Crippen LogP contribution is 2.32. The van der Waals surface area contributed by atoms with Gasteiger partial charge in [0.05, 0.1) is 5.52 Å². The van der Waals surface area contributed by atoms with Crippen LogP contribution in [0.15, 0.2) is 58.5 Å². The zero-order valence-electron chi connectivity index (χ0n) is 18.0. The number of hydrogen-bond acceptors (Lipinski definition) is 6. The molecule has 8 heteroatoms. The molecule has 2 aromatic carbocycles. The maximum absolute atomic E-state index is 13.5. The van der Waals surface area contributed by atoms with E-state index in [1.54, 1.807) is 16.3 Å². The Morgan fingerprint density at radius 2 is 1.91 bits per heavy atom. The van der Waals surface area contributed by atoms with Crippen molar-refractivity contribution >= 4 is 55.0 Å². The molecule has 0 bridgehead atoms. The lowest BCUT2D eigenvalue weighted by Crippen LogP contribution is -2.27. The Hall–Kier alpha value is -1.90. The number of halogens is 1. The van der Waals surface area contributed by atoms with Crippen LogP contribution in [0.5, 0.6) is 0 Å². The summed E-state index contributed by atoms with van der Waals surface area (Å²) in [6.07, 6.45) is 0.227. The van der Waals surface area contributed by atoms with Gasteiger partial charge >= 0.3 is 0 Å². The van der Waals surface area contributed by atoms with Gasteiger partial charge in [-0.2, -0.15) is 0 Å². The van der Waals surface area contributed by atoms with E-state index < -0.39 is 0 Å². The maximum Gasteiger partial charge on any atom is 0.272 e. The van der Waals surface area contributed by atoms with Gasteiger partial charge in [0.1, 0.15) is 4.70 Å². The number of ether oxygens (including phenoxy) is 2. The van der Waals surface area contributed by atoms with Crippen LogP contribution < -0.4 is 5.56 Å². The Labute approximate surface area is 200 Å². The van der Waals surface area contributed by atoms with Gasteiger partial charge in [-0.1, -0.05) is 53.7 Å². The van der Waals surface area contributed by atoms with Gasteiger partial charge in [-0.3, -0.25) is 9.36 Å². The molecule has 0 aliphatic heterocycles. The van der Waals surface area contributed by atoms with E-state index in [2.05, 4.69) is 0 Å². The van der Waals surface area contributed by atoms with Crippen molar-refractivity contribution in [2.45, 2.75) is 44.0 Å². The smallest absolute Gasteiger partial charge is 0.272 e. The Morgan fingerprint density at radius 1 is 1.12 bits per heavy atom. The van der Waals surface area contributed by atoms with E-state index in [1.807, 2.05) is 62.4 Å². The number of thiophene rings is 1. The number of nitrogens with zero attached hydrogens (tertiary/aromatic N) is 2. The van der Waals surface area contributed by atoms with E-state index in [-0.39, 0.29) is 11.8 Å². The van der Waals surface area contributed by atoms with Crippen molar-refractivity contribution in [1.82, 2.24) is 9.55 Å². The second-order valence-electron chi connectivity index (χ2n) is 7.17. The predicted octanol–water partition coefficient (Wildman–Crippen LogP) is 6.35. The standard InChI is InChI=1S/C24H25ClN2O3S2/c1-3-29-20(30-4-2)12-13-27-23(28)22-21(18-10-5-6-11-19(18)32-22)26-24(27)31-15-16-8-7-9-17(25)14-16/h5-11,14,20H,3-4,12-13,15H2,1-2H3. The highest BCUT2D eigenvalue weighted by atomic mass is 35.5. The number of hydrogen-bond donors (Lipinski definition) is 0. The number of thioether (sulfide) groups is 1. The highest BCUT2D eigenvalue weighted by Gasteiger charge is 2.18. The van der Waals surface area contributed by atoms with Crippen molar-refractivity contribution in [3.63, 3.8) is 0 Å². The van der Waals surface area contributed by atoms with E-state index in [1.165, 1.54) is 11.3 Å². The lowest BCUT2D eigenvalue weighted by Gasteiger charge is -2.18. The van der Waals surface area contributed by atoms with Gasteiger partial charge in [-0.15, -0.1) is 11.3 Å². The molecule has 5 nitrogen and oxygen atoms in total. The quantitative estimate of drug-likeness (QED) is 0.148. The van der Waals surface area contributed by atoms with Crippen LogP contribution in [0, 0.1) is 0 Å². The van der Waals surface area contributed by atoms with Gasteiger partial charge in [-0.25, -0.2) is 4.98 Å². The summed E-state index contributed by atoms with van der Waals surface area (Å²) >= 11 is 9.19. The molecule has 0 spiro atoms. The topological polar surface area (TPSA) is 53.4 Å². The van der Waals surface area contributed by atoms with Crippen LogP contribution in [0.1, 0.15) is 25.8 Å². The molecule has 4 rings (SSSR count). The fourth-order valence-corrected chi connectivity index (χ4v) is 5.82. The lowest BCUT2D eigenvalue weighted by molar-refractivity contribution is -0.141. The van der Waals surface area contributed by atoms with Crippen LogP contribution in [0.4, 0.5) is 0 Å². The Balaban J connectivity index is 1.72. The Morgan fingerprint density at radius 3 is 2.66 bits per heavy atom. The van der Waals surface area contributed by atoms with Crippen LogP contribution in [0.2, 0.25) is 5.02 Å². The molecule has 0 fully saturated rings. The van der Waals surface area contributed by atoms with Crippen molar-refractivity contribution in [2.24, 2.45) is 0 Å². The minimum Gasteiger partial charge on any atom is -0.353 e. The number of aromatic nitrogens is 2. The monoisotopic (exact) mass is 488 g/mol. The molecular formula is C24H25ClN2O3S2. The summed E-state index contributed by atoms with van der Waals surface area (Å²) in [4.78, 5) is 18.5. The van der Waals surface area contributed by atoms with Gasteiger partial charge in [0.15, 0.2) is 11.4 Å². The molecule has 0 unspecified atom stereocenters. The van der Waals surface area contributed by atoms with Crippen molar-refractivity contribution in [2.75, 3.05) is 13.2 Å². The summed E-state index contributed by atoms with van der Waals surface area (Å²) < 4.78 is 14.9. The van der Waals surface area contributed by atoms with Crippen LogP contribution in [0.25, 0.3) is 20.3 Å². The van der Waals surface area contributed by atoms with Crippen molar-refractivity contribution in [3.05, 3.63) is 69.5 Å². The van der Waals surface area contributed by atoms with E-state index in [0.717, 1.165) is 21.2 Å². The number of fused-ring (bicyclic) bond motifs is 3. The highest BCUT2D eigenvalue weighted by molar-refractivity contribution is 7.98. The first-order valence-corrected chi connectivity index (χ1v) is 12.8. The van der Waals surface area contributed by atoms with Gasteiger partial charge in [0.2, 0.25) is 0 Å². The molecule has 32 heavy (non-hydrogen) atoms. The Bertz CT molecular complexity index is 1270. The van der Waals surface area contributed by atoms with Crippen LogP contribution >= 0.6 is 34.7 Å². The average Bonchev–Trinajstić information content (AvgIpc) is 3.16. The molecule has 2 heterocycles. The zero-order chi connectivity index (χ0) is 22.5. The van der Waals surface area contributed by atoms with E-state index in [4.69, 9.17) is 26.1 Å². The van der Waals surface area contributed by atoms with Crippen molar-refractivity contribution < 1.29 is 9.47 Å². The summed E-state index contributed by atoms with van der Waals surface area (Å²) in [5, 5.41) is 2.41. The molecule has 168 valence electrons. The second kappa shape index (κ2) is 10.8. The zero-order valence-corrected chi connectivity index (χ0v) is 20.4.